The maximum Gasteiger partial charge on any atom is 0.159 e. The average molecular weight is 348 g/mol. The van der Waals surface area contributed by atoms with E-state index in [-0.39, 0.29) is 17.2 Å². The fourth-order valence-corrected chi connectivity index (χ4v) is 2.21. The number of anilines is 5. The third-order valence-electron chi connectivity index (χ3n) is 3.16. The van der Waals surface area contributed by atoms with Gasteiger partial charge in [-0.05, 0) is 30.3 Å². The van der Waals surface area contributed by atoms with Crippen molar-refractivity contribution in [1.82, 2.24) is 9.97 Å². The molecule has 0 amide bonds. The summed E-state index contributed by atoms with van der Waals surface area (Å²) in [5.74, 6) is -0.897. The van der Waals surface area contributed by atoms with Crippen molar-refractivity contribution in [2.45, 2.75) is 0 Å². The zero-order valence-electron chi connectivity index (χ0n) is 12.2. The predicted molar refractivity (Wildman–Crippen MR) is 90.8 cm³/mol. The molecule has 0 fully saturated rings. The molecule has 1 heterocycles. The fraction of sp³-hybridized carbons (Fsp3) is 0. The number of nitrogens with zero attached hydrogens (tertiary/aromatic N) is 2. The van der Waals surface area contributed by atoms with Crippen LogP contribution in [0.25, 0.3) is 0 Å². The number of nitrogen functional groups attached to an aromatic ring is 1. The molecule has 8 heteroatoms. The Hall–Kier alpha value is -2.93. The van der Waals surface area contributed by atoms with Gasteiger partial charge < -0.3 is 16.4 Å². The standard InChI is InChI=1S/C16H12ClF2N5/c17-9-2-1-3-11(6-9)23-15-14(20)16(22-8-21-15)24-13-5-4-10(18)7-12(13)19/h1-8H,20H2,(H2,21,22,23,24). The molecule has 3 aromatic rings. The Labute approximate surface area is 141 Å². The molecule has 0 saturated carbocycles. The van der Waals surface area contributed by atoms with E-state index in [1.54, 1.807) is 24.3 Å². The van der Waals surface area contributed by atoms with Gasteiger partial charge in [-0.15, -0.1) is 0 Å². The lowest BCUT2D eigenvalue weighted by molar-refractivity contribution is 0.586. The highest BCUT2D eigenvalue weighted by atomic mass is 35.5. The smallest absolute Gasteiger partial charge is 0.159 e. The molecule has 0 bridgehead atoms. The van der Waals surface area contributed by atoms with Crippen LogP contribution < -0.4 is 16.4 Å². The molecule has 2 aromatic carbocycles. The summed E-state index contributed by atoms with van der Waals surface area (Å²) in [6.07, 6.45) is 1.27. The summed E-state index contributed by atoms with van der Waals surface area (Å²) in [7, 11) is 0. The third kappa shape index (κ3) is 3.52. The zero-order chi connectivity index (χ0) is 17.1. The van der Waals surface area contributed by atoms with E-state index in [1.165, 1.54) is 12.4 Å². The second-order valence-electron chi connectivity index (χ2n) is 4.87. The Kier molecular flexibility index (Phi) is 4.43. The van der Waals surface area contributed by atoms with E-state index in [0.717, 1.165) is 12.1 Å². The largest absolute Gasteiger partial charge is 0.393 e. The number of hydrogen-bond donors (Lipinski definition) is 3. The minimum absolute atomic E-state index is 0.0514. The number of halogens is 3. The van der Waals surface area contributed by atoms with Gasteiger partial charge in [0.1, 0.15) is 23.6 Å². The van der Waals surface area contributed by atoms with E-state index in [9.17, 15) is 8.78 Å². The van der Waals surface area contributed by atoms with Gasteiger partial charge in [0.15, 0.2) is 11.6 Å². The number of rotatable bonds is 4. The quantitative estimate of drug-likeness (QED) is 0.649. The Morgan fingerprint density at radius 3 is 2.42 bits per heavy atom. The van der Waals surface area contributed by atoms with Crippen molar-refractivity contribution in [1.29, 1.82) is 0 Å². The van der Waals surface area contributed by atoms with Crippen LogP contribution in [0, 0.1) is 11.6 Å². The van der Waals surface area contributed by atoms with Crippen LogP contribution in [0.2, 0.25) is 5.02 Å². The van der Waals surface area contributed by atoms with Crippen LogP contribution in [-0.2, 0) is 0 Å². The second kappa shape index (κ2) is 6.67. The molecular weight excluding hydrogens is 336 g/mol. The molecule has 122 valence electrons. The van der Waals surface area contributed by atoms with Gasteiger partial charge in [0.2, 0.25) is 0 Å². The summed E-state index contributed by atoms with van der Waals surface area (Å²) in [6.45, 7) is 0. The van der Waals surface area contributed by atoms with Gasteiger partial charge in [-0.3, -0.25) is 0 Å². The van der Waals surface area contributed by atoms with E-state index < -0.39 is 11.6 Å². The lowest BCUT2D eigenvalue weighted by atomic mass is 10.3. The van der Waals surface area contributed by atoms with E-state index in [0.29, 0.717) is 16.5 Å². The van der Waals surface area contributed by atoms with Crippen LogP contribution in [0.15, 0.2) is 48.8 Å². The van der Waals surface area contributed by atoms with Gasteiger partial charge >= 0.3 is 0 Å². The molecule has 0 aliphatic carbocycles. The summed E-state index contributed by atoms with van der Waals surface area (Å²) in [4.78, 5) is 8.04. The first kappa shape index (κ1) is 15.9. The minimum atomic E-state index is -0.752. The third-order valence-corrected chi connectivity index (χ3v) is 3.39. The molecule has 0 aliphatic rings. The number of nitrogens with two attached hydrogens (primary N) is 1. The lowest BCUT2D eigenvalue weighted by Gasteiger charge is -2.13. The van der Waals surface area contributed by atoms with Crippen molar-refractivity contribution in [2.24, 2.45) is 0 Å². The van der Waals surface area contributed by atoms with Gasteiger partial charge in [-0.25, -0.2) is 18.7 Å². The molecule has 0 saturated heterocycles. The van der Waals surface area contributed by atoms with Gasteiger partial charge in [0, 0.05) is 16.8 Å². The Morgan fingerprint density at radius 1 is 0.958 bits per heavy atom. The van der Waals surface area contributed by atoms with Crippen molar-refractivity contribution < 1.29 is 8.78 Å². The molecular formula is C16H12ClF2N5. The van der Waals surface area contributed by atoms with Crippen molar-refractivity contribution in [2.75, 3.05) is 16.4 Å². The fourth-order valence-electron chi connectivity index (χ4n) is 2.02. The van der Waals surface area contributed by atoms with E-state index in [1.807, 2.05) is 0 Å². The Balaban J connectivity index is 1.88. The molecule has 1 aromatic heterocycles. The van der Waals surface area contributed by atoms with Crippen LogP contribution in [0.1, 0.15) is 0 Å². The van der Waals surface area contributed by atoms with Crippen LogP contribution in [0.3, 0.4) is 0 Å². The molecule has 4 N–H and O–H groups in total. The lowest BCUT2D eigenvalue weighted by Crippen LogP contribution is -2.06. The first-order chi connectivity index (χ1) is 11.5. The highest BCUT2D eigenvalue weighted by molar-refractivity contribution is 6.30. The van der Waals surface area contributed by atoms with E-state index >= 15 is 0 Å². The summed E-state index contributed by atoms with van der Waals surface area (Å²) < 4.78 is 26.7. The molecule has 0 radical (unpaired) electrons. The Bertz CT molecular complexity index is 888. The highest BCUT2D eigenvalue weighted by Crippen LogP contribution is 2.29. The van der Waals surface area contributed by atoms with Gasteiger partial charge in [-0.2, -0.15) is 0 Å². The highest BCUT2D eigenvalue weighted by Gasteiger charge is 2.11. The van der Waals surface area contributed by atoms with Gasteiger partial charge in [0.25, 0.3) is 0 Å². The number of benzene rings is 2. The summed E-state index contributed by atoms with van der Waals surface area (Å²) in [6, 6.07) is 10.2. The minimum Gasteiger partial charge on any atom is -0.393 e. The van der Waals surface area contributed by atoms with Crippen LogP contribution >= 0.6 is 11.6 Å². The number of aromatic nitrogens is 2. The predicted octanol–water partition coefficient (Wildman–Crippen LogP) is 4.48. The average Bonchev–Trinajstić information content (AvgIpc) is 2.54. The Morgan fingerprint density at radius 2 is 1.71 bits per heavy atom. The van der Waals surface area contributed by atoms with Gasteiger partial charge in [0.05, 0.1) is 5.69 Å². The monoisotopic (exact) mass is 347 g/mol. The van der Waals surface area contributed by atoms with Crippen LogP contribution in [-0.4, -0.2) is 9.97 Å². The molecule has 0 unspecified atom stereocenters. The molecule has 5 nitrogen and oxygen atoms in total. The number of nitrogens with one attached hydrogen (secondary N) is 2. The summed E-state index contributed by atoms with van der Waals surface area (Å²) in [5.41, 5.74) is 6.94. The maximum atomic E-state index is 13.7. The second-order valence-corrected chi connectivity index (χ2v) is 5.31. The SMILES string of the molecule is Nc1c(Nc2cccc(Cl)c2)ncnc1Nc1ccc(F)cc1F. The number of hydrogen-bond acceptors (Lipinski definition) is 5. The van der Waals surface area contributed by atoms with Crippen molar-refractivity contribution in [3.8, 4) is 0 Å². The van der Waals surface area contributed by atoms with Crippen LogP contribution in [0.5, 0.6) is 0 Å². The molecule has 0 aliphatic heterocycles. The zero-order valence-corrected chi connectivity index (χ0v) is 13.0. The van der Waals surface area contributed by atoms with E-state index in [4.69, 9.17) is 17.3 Å². The summed E-state index contributed by atoms with van der Waals surface area (Å²) >= 11 is 5.93. The molecule has 3 rings (SSSR count). The first-order valence-electron chi connectivity index (χ1n) is 6.88. The van der Waals surface area contributed by atoms with Gasteiger partial charge in [-0.1, -0.05) is 17.7 Å². The summed E-state index contributed by atoms with van der Waals surface area (Å²) in [5, 5.41) is 6.28. The van der Waals surface area contributed by atoms with Crippen molar-refractivity contribution in [3.63, 3.8) is 0 Å². The first-order valence-corrected chi connectivity index (χ1v) is 7.26. The molecule has 24 heavy (non-hydrogen) atoms. The molecule has 0 spiro atoms. The van der Waals surface area contributed by atoms with Crippen LogP contribution in [0.4, 0.5) is 37.5 Å². The maximum absolute atomic E-state index is 13.7. The van der Waals surface area contributed by atoms with Crippen molar-refractivity contribution >= 4 is 40.3 Å². The normalized spacial score (nSPS) is 10.5. The topological polar surface area (TPSA) is 75.9 Å². The van der Waals surface area contributed by atoms with E-state index in [2.05, 4.69) is 20.6 Å². The van der Waals surface area contributed by atoms with Crippen molar-refractivity contribution in [3.05, 3.63) is 65.4 Å². The molecule has 0 atom stereocenters.